The average molecular weight is 438 g/mol. The monoisotopic (exact) mass is 437 g/mol. The standard InChI is InChI=1S/C19H37N3O6.H2S/c1-13(22(8)16(26)27)14(24)21-18(4,5)11-17(2,3)15(25)20-9-10-28-19(6,7)12-23;/h13,23H,9-12H2,1-8H3,(H,20,25)(H,21,24)(H,26,27);1H2. The summed E-state index contributed by atoms with van der Waals surface area (Å²) in [4.78, 5) is 36.8. The van der Waals surface area contributed by atoms with E-state index < -0.39 is 34.6 Å². The van der Waals surface area contributed by atoms with Gasteiger partial charge in [0.1, 0.15) is 6.04 Å². The Balaban J connectivity index is 0. The van der Waals surface area contributed by atoms with Gasteiger partial charge in [0.2, 0.25) is 11.8 Å². The molecule has 0 radical (unpaired) electrons. The van der Waals surface area contributed by atoms with E-state index in [1.807, 2.05) is 0 Å². The molecule has 0 rings (SSSR count). The van der Waals surface area contributed by atoms with Gasteiger partial charge in [-0.1, -0.05) is 13.8 Å². The fourth-order valence-corrected chi connectivity index (χ4v) is 2.79. The highest BCUT2D eigenvalue weighted by atomic mass is 32.1. The van der Waals surface area contributed by atoms with Gasteiger partial charge in [0.25, 0.3) is 0 Å². The molecule has 3 amide bonds. The third kappa shape index (κ3) is 10.7. The number of rotatable bonds is 11. The molecular weight excluding hydrogens is 398 g/mol. The van der Waals surface area contributed by atoms with E-state index in [9.17, 15) is 14.4 Å². The molecule has 0 aromatic heterocycles. The number of hydrogen-bond donors (Lipinski definition) is 4. The molecule has 9 nitrogen and oxygen atoms in total. The second-order valence-corrected chi connectivity index (χ2v) is 9.03. The van der Waals surface area contributed by atoms with Crippen LogP contribution in [0.3, 0.4) is 0 Å². The SMILES string of the molecule is CC(C(=O)NC(C)(C)CC(C)(C)C(=O)NCCOC(C)(C)CO)N(C)C(=O)O.S. The number of aliphatic hydroxyl groups is 1. The molecule has 0 bridgehead atoms. The van der Waals surface area contributed by atoms with Crippen LogP contribution >= 0.6 is 13.5 Å². The number of aliphatic hydroxyl groups excluding tert-OH is 1. The van der Waals surface area contributed by atoms with Crippen LogP contribution in [0.25, 0.3) is 0 Å². The van der Waals surface area contributed by atoms with E-state index in [-0.39, 0.29) is 32.6 Å². The van der Waals surface area contributed by atoms with Crippen LogP contribution in [-0.2, 0) is 14.3 Å². The molecule has 0 aliphatic rings. The lowest BCUT2D eigenvalue weighted by molar-refractivity contribution is -0.133. The second-order valence-electron chi connectivity index (χ2n) is 9.03. The Morgan fingerprint density at radius 1 is 1.10 bits per heavy atom. The fourth-order valence-electron chi connectivity index (χ4n) is 2.79. The van der Waals surface area contributed by atoms with Crippen molar-refractivity contribution in [3.05, 3.63) is 0 Å². The predicted octanol–water partition coefficient (Wildman–Crippen LogP) is 1.31. The number of nitrogens with one attached hydrogen (secondary N) is 2. The summed E-state index contributed by atoms with van der Waals surface area (Å²) in [6.45, 7) is 12.6. The van der Waals surface area contributed by atoms with Crippen LogP contribution in [0.2, 0.25) is 0 Å². The van der Waals surface area contributed by atoms with Gasteiger partial charge in [-0.05, 0) is 41.0 Å². The molecule has 0 spiro atoms. The lowest BCUT2D eigenvalue weighted by atomic mass is 9.79. The fraction of sp³-hybridized carbons (Fsp3) is 0.842. The number of likely N-dealkylation sites (N-methyl/N-ethyl adjacent to an activating group) is 1. The van der Waals surface area contributed by atoms with Crippen LogP contribution in [0.1, 0.15) is 54.9 Å². The van der Waals surface area contributed by atoms with Crippen molar-refractivity contribution in [1.29, 1.82) is 0 Å². The number of nitrogens with zero attached hydrogens (tertiary/aromatic N) is 1. The largest absolute Gasteiger partial charge is 0.465 e. The van der Waals surface area contributed by atoms with E-state index in [4.69, 9.17) is 14.9 Å². The third-order valence-electron chi connectivity index (χ3n) is 4.48. The molecule has 0 aromatic carbocycles. The molecule has 1 unspecified atom stereocenters. The van der Waals surface area contributed by atoms with Crippen LogP contribution in [-0.4, -0.2) is 77.0 Å². The topological polar surface area (TPSA) is 128 Å². The van der Waals surface area contributed by atoms with Crippen molar-refractivity contribution in [2.45, 2.75) is 72.1 Å². The van der Waals surface area contributed by atoms with Gasteiger partial charge in [0.05, 0.1) is 18.8 Å². The smallest absolute Gasteiger partial charge is 0.407 e. The highest BCUT2D eigenvalue weighted by Gasteiger charge is 2.36. The number of carbonyl (C=O) groups excluding carboxylic acids is 2. The first-order chi connectivity index (χ1) is 12.5. The van der Waals surface area contributed by atoms with Crippen LogP contribution in [0.4, 0.5) is 4.79 Å². The average Bonchev–Trinajstić information content (AvgIpc) is 2.55. The lowest BCUT2D eigenvalue weighted by Gasteiger charge is -2.36. The van der Waals surface area contributed by atoms with E-state index in [2.05, 4.69) is 10.6 Å². The molecule has 0 aliphatic carbocycles. The Morgan fingerprint density at radius 3 is 2.07 bits per heavy atom. The molecule has 4 N–H and O–H groups in total. The maximum absolute atomic E-state index is 12.5. The number of carbonyl (C=O) groups is 3. The molecule has 0 fully saturated rings. The van der Waals surface area contributed by atoms with Crippen molar-refractivity contribution < 1.29 is 29.3 Å². The van der Waals surface area contributed by atoms with Crippen LogP contribution < -0.4 is 10.6 Å². The molecule has 0 aromatic rings. The lowest BCUT2D eigenvalue weighted by Crippen LogP contribution is -2.54. The summed E-state index contributed by atoms with van der Waals surface area (Å²) in [6.07, 6.45) is -0.837. The molecule has 10 heteroatoms. The Kier molecular flexibility index (Phi) is 11.9. The minimum Gasteiger partial charge on any atom is -0.465 e. The number of carboxylic acid groups (broad SMARTS) is 1. The summed E-state index contributed by atoms with van der Waals surface area (Å²) in [6, 6.07) is -0.847. The zero-order valence-electron chi connectivity index (χ0n) is 18.9. The highest BCUT2D eigenvalue weighted by Crippen LogP contribution is 2.28. The van der Waals surface area contributed by atoms with Crippen LogP contribution in [0.5, 0.6) is 0 Å². The van der Waals surface area contributed by atoms with Crippen molar-refractivity contribution in [3.63, 3.8) is 0 Å². The third-order valence-corrected chi connectivity index (χ3v) is 4.48. The van der Waals surface area contributed by atoms with Gasteiger partial charge in [0.15, 0.2) is 0 Å². The quantitative estimate of drug-likeness (QED) is 0.361. The molecule has 0 saturated heterocycles. The Bertz CT molecular complexity index is 566. The Hall–Kier alpha value is -1.52. The summed E-state index contributed by atoms with van der Waals surface area (Å²) in [5, 5.41) is 23.8. The predicted molar refractivity (Wildman–Crippen MR) is 116 cm³/mol. The molecule has 0 saturated carbocycles. The van der Waals surface area contributed by atoms with E-state index in [1.165, 1.54) is 14.0 Å². The minimum atomic E-state index is -1.19. The molecule has 0 aliphatic heterocycles. The number of hydrogen-bond acceptors (Lipinski definition) is 5. The minimum absolute atomic E-state index is 0. The Labute approximate surface area is 181 Å². The van der Waals surface area contributed by atoms with Gasteiger partial charge in [-0.25, -0.2) is 4.79 Å². The van der Waals surface area contributed by atoms with E-state index in [1.54, 1.807) is 41.5 Å². The van der Waals surface area contributed by atoms with Crippen molar-refractivity contribution in [3.8, 4) is 0 Å². The van der Waals surface area contributed by atoms with Gasteiger partial charge >= 0.3 is 6.09 Å². The summed E-state index contributed by atoms with van der Waals surface area (Å²) in [5.74, 6) is -0.610. The first kappa shape index (κ1) is 29.7. The van der Waals surface area contributed by atoms with Crippen LogP contribution in [0, 0.1) is 5.41 Å². The second kappa shape index (κ2) is 11.6. The molecule has 0 heterocycles. The van der Waals surface area contributed by atoms with Gasteiger partial charge in [-0.2, -0.15) is 13.5 Å². The molecule has 29 heavy (non-hydrogen) atoms. The van der Waals surface area contributed by atoms with Crippen molar-refractivity contribution in [2.24, 2.45) is 5.41 Å². The molecule has 172 valence electrons. The van der Waals surface area contributed by atoms with Gasteiger partial charge in [-0.15, -0.1) is 0 Å². The first-order valence-electron chi connectivity index (χ1n) is 9.35. The Morgan fingerprint density at radius 2 is 1.62 bits per heavy atom. The van der Waals surface area contributed by atoms with E-state index >= 15 is 0 Å². The summed E-state index contributed by atoms with van der Waals surface area (Å²) in [7, 11) is 1.33. The number of amides is 3. The van der Waals surface area contributed by atoms with E-state index in [0.29, 0.717) is 13.0 Å². The maximum atomic E-state index is 12.5. The maximum Gasteiger partial charge on any atom is 0.407 e. The first-order valence-corrected chi connectivity index (χ1v) is 9.35. The van der Waals surface area contributed by atoms with Crippen molar-refractivity contribution in [1.82, 2.24) is 15.5 Å². The van der Waals surface area contributed by atoms with Gasteiger partial charge in [-0.3, -0.25) is 14.5 Å². The normalized spacial score (nSPS) is 13.1. The molecule has 1 atom stereocenters. The summed E-state index contributed by atoms with van der Waals surface area (Å²) >= 11 is 0. The zero-order valence-corrected chi connectivity index (χ0v) is 19.9. The van der Waals surface area contributed by atoms with Gasteiger partial charge < -0.3 is 25.6 Å². The highest BCUT2D eigenvalue weighted by molar-refractivity contribution is 7.59. The van der Waals surface area contributed by atoms with E-state index in [0.717, 1.165) is 4.90 Å². The van der Waals surface area contributed by atoms with Crippen LogP contribution in [0.15, 0.2) is 0 Å². The zero-order chi connectivity index (χ0) is 22.3. The van der Waals surface area contributed by atoms with Crippen molar-refractivity contribution in [2.75, 3.05) is 26.8 Å². The van der Waals surface area contributed by atoms with Crippen molar-refractivity contribution >= 4 is 31.4 Å². The summed E-state index contributed by atoms with van der Waals surface area (Å²) in [5.41, 5.74) is -2.15. The van der Waals surface area contributed by atoms with Gasteiger partial charge in [0, 0.05) is 24.5 Å². The molecular formula is C19H39N3O6S. The summed E-state index contributed by atoms with van der Waals surface area (Å²) < 4.78 is 5.49. The number of ether oxygens (including phenoxy) is 1.